The Kier molecular flexibility index (Phi) is 1.73. The number of amides is 1. The Morgan fingerprint density at radius 3 is 3.23 bits per heavy atom. The van der Waals surface area contributed by atoms with Gasteiger partial charge in [0.2, 0.25) is 0 Å². The van der Waals surface area contributed by atoms with Gasteiger partial charge in [-0.05, 0) is 23.3 Å². The molecule has 4 nitrogen and oxygen atoms in total. The molecular weight excluding hydrogens is 168 g/mol. The molecular formula is C9H8N2O2. The van der Waals surface area contributed by atoms with Crippen LogP contribution in [-0.4, -0.2) is 21.1 Å². The van der Waals surface area contributed by atoms with E-state index < -0.39 is 6.09 Å². The van der Waals surface area contributed by atoms with Crippen LogP contribution in [0.5, 0.6) is 0 Å². The summed E-state index contributed by atoms with van der Waals surface area (Å²) in [5, 5.41) is 8.72. The summed E-state index contributed by atoms with van der Waals surface area (Å²) in [6.45, 7) is 0.384. The molecule has 0 saturated heterocycles. The molecule has 0 aromatic carbocycles. The molecule has 1 aromatic heterocycles. The van der Waals surface area contributed by atoms with Crippen molar-refractivity contribution in [1.82, 2.24) is 9.88 Å². The Morgan fingerprint density at radius 2 is 2.46 bits per heavy atom. The van der Waals surface area contributed by atoms with Gasteiger partial charge in [0.1, 0.15) is 0 Å². The molecule has 2 heterocycles. The second-order valence-corrected chi connectivity index (χ2v) is 2.80. The van der Waals surface area contributed by atoms with Crippen molar-refractivity contribution in [3.05, 3.63) is 35.8 Å². The zero-order chi connectivity index (χ0) is 9.26. The largest absolute Gasteiger partial charge is 0.465 e. The predicted molar refractivity (Wildman–Crippen MR) is 46.8 cm³/mol. The fraction of sp³-hybridized carbons (Fsp3) is 0.111. The smallest absolute Gasteiger partial charge is 0.411 e. The second-order valence-electron chi connectivity index (χ2n) is 2.80. The molecule has 4 heteroatoms. The van der Waals surface area contributed by atoms with Gasteiger partial charge in [-0.25, -0.2) is 4.79 Å². The highest BCUT2D eigenvalue weighted by Crippen LogP contribution is 2.17. The molecule has 1 aliphatic rings. The van der Waals surface area contributed by atoms with Crippen molar-refractivity contribution < 1.29 is 9.90 Å². The number of nitrogens with zero attached hydrogens (tertiary/aromatic N) is 2. The number of carbonyl (C=O) groups is 1. The van der Waals surface area contributed by atoms with E-state index in [2.05, 4.69) is 4.98 Å². The van der Waals surface area contributed by atoms with E-state index in [1.165, 1.54) is 4.90 Å². The summed E-state index contributed by atoms with van der Waals surface area (Å²) in [7, 11) is 0. The highest BCUT2D eigenvalue weighted by molar-refractivity contribution is 5.70. The van der Waals surface area contributed by atoms with Crippen LogP contribution in [0.4, 0.5) is 4.79 Å². The maximum Gasteiger partial charge on any atom is 0.411 e. The molecule has 1 aliphatic heterocycles. The summed E-state index contributed by atoms with van der Waals surface area (Å²) in [5.41, 5.74) is 1.97. The van der Waals surface area contributed by atoms with Crippen molar-refractivity contribution in [3.8, 4) is 0 Å². The number of fused-ring (bicyclic) bond motifs is 1. The minimum absolute atomic E-state index is 0.384. The fourth-order valence-corrected chi connectivity index (χ4v) is 1.27. The third-order valence-corrected chi connectivity index (χ3v) is 1.96. The third-order valence-electron chi connectivity index (χ3n) is 1.96. The molecule has 0 bridgehead atoms. The van der Waals surface area contributed by atoms with E-state index in [9.17, 15) is 4.79 Å². The lowest BCUT2D eigenvalue weighted by Crippen LogP contribution is -2.25. The lowest BCUT2D eigenvalue weighted by atomic mass is 10.1. The van der Waals surface area contributed by atoms with E-state index in [-0.39, 0.29) is 0 Å². The molecule has 1 amide bonds. The minimum atomic E-state index is -0.939. The lowest BCUT2D eigenvalue weighted by Gasteiger charge is -2.19. The zero-order valence-electron chi connectivity index (χ0n) is 6.84. The van der Waals surface area contributed by atoms with E-state index >= 15 is 0 Å². The van der Waals surface area contributed by atoms with Crippen molar-refractivity contribution in [2.24, 2.45) is 0 Å². The first-order chi connectivity index (χ1) is 6.27. The van der Waals surface area contributed by atoms with Crippen molar-refractivity contribution in [2.45, 2.75) is 6.54 Å². The monoisotopic (exact) mass is 176 g/mol. The standard InChI is InChI=1S/C9H8N2O2/c12-9(13)11-4-2-7-1-3-10-5-8(7)6-11/h1-5H,6H2,(H,12,13). The van der Waals surface area contributed by atoms with Gasteiger partial charge < -0.3 is 5.11 Å². The van der Waals surface area contributed by atoms with Crippen molar-refractivity contribution in [2.75, 3.05) is 0 Å². The Hall–Kier alpha value is -1.84. The quantitative estimate of drug-likeness (QED) is 0.652. The van der Waals surface area contributed by atoms with Gasteiger partial charge in [0.15, 0.2) is 0 Å². The number of rotatable bonds is 0. The first-order valence-corrected chi connectivity index (χ1v) is 3.88. The van der Waals surface area contributed by atoms with Crippen LogP contribution in [0, 0.1) is 0 Å². The molecule has 2 rings (SSSR count). The Labute approximate surface area is 75.1 Å². The van der Waals surface area contributed by atoms with Crippen LogP contribution in [0.2, 0.25) is 0 Å². The number of pyridine rings is 1. The molecule has 0 spiro atoms. The van der Waals surface area contributed by atoms with E-state index in [1.54, 1.807) is 24.7 Å². The number of hydrogen-bond acceptors (Lipinski definition) is 2. The normalized spacial score (nSPS) is 14.0. The van der Waals surface area contributed by atoms with Crippen LogP contribution in [0.1, 0.15) is 11.1 Å². The maximum absolute atomic E-state index is 10.6. The maximum atomic E-state index is 10.6. The molecule has 13 heavy (non-hydrogen) atoms. The summed E-state index contributed by atoms with van der Waals surface area (Å²) in [6, 6.07) is 1.87. The average Bonchev–Trinajstić information content (AvgIpc) is 2.17. The van der Waals surface area contributed by atoms with E-state index in [1.807, 2.05) is 6.07 Å². The van der Waals surface area contributed by atoms with E-state index in [0.717, 1.165) is 11.1 Å². The first-order valence-electron chi connectivity index (χ1n) is 3.88. The van der Waals surface area contributed by atoms with Crippen molar-refractivity contribution >= 4 is 12.2 Å². The first kappa shape index (κ1) is 7.79. The molecule has 0 aliphatic carbocycles. The molecule has 1 aromatic rings. The zero-order valence-corrected chi connectivity index (χ0v) is 6.84. The summed E-state index contributed by atoms with van der Waals surface area (Å²) < 4.78 is 0. The highest BCUT2D eigenvalue weighted by atomic mass is 16.4. The van der Waals surface area contributed by atoms with Crippen molar-refractivity contribution in [3.63, 3.8) is 0 Å². The third kappa shape index (κ3) is 1.38. The molecule has 1 N–H and O–H groups in total. The summed E-state index contributed by atoms with van der Waals surface area (Å²) in [6.07, 6.45) is 5.78. The van der Waals surface area contributed by atoms with Gasteiger partial charge in [-0.1, -0.05) is 0 Å². The van der Waals surface area contributed by atoms with Gasteiger partial charge in [-0.2, -0.15) is 0 Å². The molecule has 66 valence electrons. The van der Waals surface area contributed by atoms with Crippen LogP contribution >= 0.6 is 0 Å². The molecule has 0 fully saturated rings. The molecule has 0 radical (unpaired) electrons. The summed E-state index contributed by atoms with van der Waals surface area (Å²) in [4.78, 5) is 15.8. The number of carboxylic acid groups (broad SMARTS) is 1. The topological polar surface area (TPSA) is 53.4 Å². The van der Waals surface area contributed by atoms with Gasteiger partial charge >= 0.3 is 6.09 Å². The van der Waals surface area contributed by atoms with Crippen LogP contribution in [0.3, 0.4) is 0 Å². The average molecular weight is 176 g/mol. The van der Waals surface area contributed by atoms with Gasteiger partial charge in [0.05, 0.1) is 6.54 Å². The van der Waals surface area contributed by atoms with Gasteiger partial charge in [0.25, 0.3) is 0 Å². The lowest BCUT2D eigenvalue weighted by molar-refractivity contribution is 0.160. The summed E-state index contributed by atoms with van der Waals surface area (Å²) >= 11 is 0. The van der Waals surface area contributed by atoms with Gasteiger partial charge in [-0.3, -0.25) is 9.88 Å². The van der Waals surface area contributed by atoms with E-state index in [4.69, 9.17) is 5.11 Å². The van der Waals surface area contributed by atoms with Crippen molar-refractivity contribution in [1.29, 1.82) is 0 Å². The predicted octanol–water partition coefficient (Wildman–Crippen LogP) is 1.55. The number of hydrogen-bond donors (Lipinski definition) is 1. The van der Waals surface area contributed by atoms with Crippen LogP contribution in [-0.2, 0) is 6.54 Å². The second kappa shape index (κ2) is 2.90. The van der Waals surface area contributed by atoms with Crippen LogP contribution < -0.4 is 0 Å². The Balaban J connectivity index is 2.34. The van der Waals surface area contributed by atoms with Crippen LogP contribution in [0.15, 0.2) is 24.7 Å². The van der Waals surface area contributed by atoms with E-state index in [0.29, 0.717) is 6.54 Å². The Morgan fingerprint density at radius 1 is 1.62 bits per heavy atom. The molecule has 0 atom stereocenters. The van der Waals surface area contributed by atoms with Crippen LogP contribution in [0.25, 0.3) is 6.08 Å². The SMILES string of the molecule is O=C(O)N1C=Cc2ccncc2C1. The Bertz CT molecular complexity index is 374. The van der Waals surface area contributed by atoms with Gasteiger partial charge in [-0.15, -0.1) is 0 Å². The molecule has 0 saturated carbocycles. The fourth-order valence-electron chi connectivity index (χ4n) is 1.27. The summed E-state index contributed by atoms with van der Waals surface area (Å²) in [5.74, 6) is 0. The minimum Gasteiger partial charge on any atom is -0.465 e. The molecule has 0 unspecified atom stereocenters. The van der Waals surface area contributed by atoms with Gasteiger partial charge in [0, 0.05) is 18.6 Å². The number of aromatic nitrogens is 1. The highest BCUT2D eigenvalue weighted by Gasteiger charge is 2.14.